The van der Waals surface area contributed by atoms with Crippen LogP contribution >= 0.6 is 0 Å². The van der Waals surface area contributed by atoms with E-state index in [0.717, 1.165) is 0 Å². The molecule has 2 rings (SSSR count). The Labute approximate surface area is 152 Å². The Hall–Kier alpha value is -1.91. The van der Waals surface area contributed by atoms with Crippen LogP contribution < -0.4 is 0 Å². The molecule has 10 heteroatoms. The summed E-state index contributed by atoms with van der Waals surface area (Å²) in [5, 5.41) is 9.34. The highest BCUT2D eigenvalue weighted by Crippen LogP contribution is 2.30. The minimum absolute atomic E-state index is 0.0452. The van der Waals surface area contributed by atoms with E-state index in [9.17, 15) is 23.1 Å². The van der Waals surface area contributed by atoms with E-state index in [1.807, 2.05) is 6.92 Å². The largest absolute Gasteiger partial charge is 0.478 e. The number of hydrogen-bond acceptors (Lipinski definition) is 6. The van der Waals surface area contributed by atoms with Gasteiger partial charge in [0.2, 0.25) is 10.0 Å². The first-order chi connectivity index (χ1) is 12.1. The standard InChI is InChI=1S/C16H24N2O7S/c1-5-12(24-4)15(19)17-6-8-18(9-7-17)26(22,23)14-11(3)25-10(2)13(14)16(20)21/h12H,5-9H2,1-4H3,(H,20,21). The number of rotatable bonds is 6. The van der Waals surface area contributed by atoms with E-state index in [1.165, 1.54) is 25.3 Å². The van der Waals surface area contributed by atoms with E-state index in [4.69, 9.17) is 9.15 Å². The number of amides is 1. The van der Waals surface area contributed by atoms with Gasteiger partial charge in [0.15, 0.2) is 0 Å². The van der Waals surface area contributed by atoms with Crippen LogP contribution in [0.3, 0.4) is 0 Å². The van der Waals surface area contributed by atoms with Gasteiger partial charge in [0.05, 0.1) is 0 Å². The average Bonchev–Trinajstić information content (AvgIpc) is 2.91. The monoisotopic (exact) mass is 388 g/mol. The van der Waals surface area contributed by atoms with E-state index in [1.54, 1.807) is 4.90 Å². The predicted molar refractivity (Wildman–Crippen MR) is 91.6 cm³/mol. The van der Waals surface area contributed by atoms with Gasteiger partial charge in [0.25, 0.3) is 5.91 Å². The summed E-state index contributed by atoms with van der Waals surface area (Å²) >= 11 is 0. The lowest BCUT2D eigenvalue weighted by Gasteiger charge is -2.35. The van der Waals surface area contributed by atoms with Gasteiger partial charge in [-0.1, -0.05) is 6.92 Å². The fraction of sp³-hybridized carbons (Fsp3) is 0.625. The summed E-state index contributed by atoms with van der Waals surface area (Å²) in [6, 6.07) is 0. The van der Waals surface area contributed by atoms with Crippen LogP contribution in [0.25, 0.3) is 0 Å². The van der Waals surface area contributed by atoms with E-state index < -0.39 is 22.1 Å². The highest BCUT2D eigenvalue weighted by atomic mass is 32.2. The normalized spacial score (nSPS) is 17.3. The number of carbonyl (C=O) groups excluding carboxylic acids is 1. The molecule has 26 heavy (non-hydrogen) atoms. The lowest BCUT2D eigenvalue weighted by atomic mass is 10.2. The van der Waals surface area contributed by atoms with Crippen LogP contribution in [0.2, 0.25) is 0 Å². The first-order valence-corrected chi connectivity index (χ1v) is 9.74. The zero-order valence-electron chi connectivity index (χ0n) is 15.3. The summed E-state index contributed by atoms with van der Waals surface area (Å²) < 4.78 is 37.5. The van der Waals surface area contributed by atoms with Gasteiger partial charge in [0, 0.05) is 33.3 Å². The second-order valence-electron chi connectivity index (χ2n) is 6.09. The number of hydrogen-bond donors (Lipinski definition) is 1. The first kappa shape index (κ1) is 20.4. The molecule has 1 saturated heterocycles. The second kappa shape index (κ2) is 7.77. The summed E-state index contributed by atoms with van der Waals surface area (Å²) in [6.45, 7) is 5.28. The molecule has 2 heterocycles. The third-order valence-corrected chi connectivity index (χ3v) is 6.55. The molecule has 9 nitrogen and oxygen atoms in total. The van der Waals surface area contributed by atoms with Crippen molar-refractivity contribution >= 4 is 21.9 Å². The van der Waals surface area contributed by atoms with Crippen molar-refractivity contribution in [3.05, 3.63) is 17.1 Å². The van der Waals surface area contributed by atoms with E-state index in [2.05, 4.69) is 0 Å². The molecule has 1 aromatic heterocycles. The first-order valence-electron chi connectivity index (χ1n) is 8.30. The third-order valence-electron chi connectivity index (χ3n) is 4.50. The molecule has 1 fully saturated rings. The van der Waals surface area contributed by atoms with Crippen molar-refractivity contribution in [1.29, 1.82) is 0 Å². The summed E-state index contributed by atoms with van der Waals surface area (Å²) in [4.78, 5) is 25.0. The quantitative estimate of drug-likeness (QED) is 0.768. The molecule has 1 aliphatic rings. The molecule has 1 amide bonds. The number of piperazine rings is 1. The minimum atomic E-state index is -4.04. The van der Waals surface area contributed by atoms with Crippen molar-refractivity contribution in [1.82, 2.24) is 9.21 Å². The van der Waals surface area contributed by atoms with E-state index >= 15 is 0 Å². The van der Waals surface area contributed by atoms with Crippen molar-refractivity contribution < 1.29 is 32.3 Å². The van der Waals surface area contributed by atoms with Crippen LogP contribution in [-0.2, 0) is 19.6 Å². The number of carboxylic acids is 1. The average molecular weight is 388 g/mol. The Kier molecular flexibility index (Phi) is 6.09. The number of nitrogens with zero attached hydrogens (tertiary/aromatic N) is 2. The van der Waals surface area contributed by atoms with Crippen molar-refractivity contribution in [3.63, 3.8) is 0 Å². The van der Waals surface area contributed by atoms with Crippen LogP contribution in [0.4, 0.5) is 0 Å². The number of carbonyl (C=O) groups is 2. The molecule has 0 aliphatic carbocycles. The van der Waals surface area contributed by atoms with Crippen molar-refractivity contribution in [2.24, 2.45) is 0 Å². The van der Waals surface area contributed by atoms with Gasteiger partial charge < -0.3 is 19.2 Å². The number of ether oxygens (including phenoxy) is 1. The maximum atomic E-state index is 12.9. The van der Waals surface area contributed by atoms with Crippen LogP contribution in [-0.4, -0.2) is 74.0 Å². The Balaban J connectivity index is 2.22. The molecule has 0 saturated carbocycles. The molecule has 0 bridgehead atoms. The molecule has 0 radical (unpaired) electrons. The van der Waals surface area contributed by atoms with Gasteiger partial charge >= 0.3 is 5.97 Å². The van der Waals surface area contributed by atoms with Gasteiger partial charge in [-0.2, -0.15) is 4.31 Å². The molecule has 0 aromatic carbocycles. The summed E-state index contributed by atoms with van der Waals surface area (Å²) in [5.41, 5.74) is -0.341. The third kappa shape index (κ3) is 3.62. The van der Waals surface area contributed by atoms with Crippen molar-refractivity contribution in [2.45, 2.75) is 38.2 Å². The topological polar surface area (TPSA) is 117 Å². The minimum Gasteiger partial charge on any atom is -0.478 e. The molecular weight excluding hydrogens is 364 g/mol. The Morgan fingerprint density at radius 2 is 1.77 bits per heavy atom. The van der Waals surface area contributed by atoms with Crippen LogP contribution in [0, 0.1) is 13.8 Å². The summed E-state index contributed by atoms with van der Waals surface area (Å²) in [7, 11) is -2.58. The van der Waals surface area contributed by atoms with Crippen LogP contribution in [0.5, 0.6) is 0 Å². The number of methoxy groups -OCH3 is 1. The summed E-state index contributed by atoms with van der Waals surface area (Å²) in [5.74, 6) is -1.43. The molecule has 0 spiro atoms. The number of aryl methyl sites for hydroxylation is 2. The van der Waals surface area contributed by atoms with Gasteiger partial charge in [-0.15, -0.1) is 0 Å². The zero-order chi connectivity index (χ0) is 19.6. The number of sulfonamides is 1. The fourth-order valence-electron chi connectivity index (χ4n) is 3.14. The lowest BCUT2D eigenvalue weighted by Crippen LogP contribution is -2.53. The number of carboxylic acid groups (broad SMARTS) is 1. The highest BCUT2D eigenvalue weighted by molar-refractivity contribution is 7.89. The Bertz CT molecular complexity index is 788. The van der Waals surface area contributed by atoms with Gasteiger partial charge in [-0.25, -0.2) is 13.2 Å². The molecule has 1 atom stereocenters. The molecule has 146 valence electrons. The van der Waals surface area contributed by atoms with Crippen LogP contribution in [0.1, 0.15) is 35.2 Å². The predicted octanol–water partition coefficient (Wildman–Crippen LogP) is 0.853. The van der Waals surface area contributed by atoms with Crippen molar-refractivity contribution in [3.8, 4) is 0 Å². The van der Waals surface area contributed by atoms with Gasteiger partial charge in [0.1, 0.15) is 28.1 Å². The molecule has 1 N–H and O–H groups in total. The zero-order valence-corrected chi connectivity index (χ0v) is 16.1. The summed E-state index contributed by atoms with van der Waals surface area (Å²) in [6.07, 6.45) is -0.0147. The van der Waals surface area contributed by atoms with Crippen LogP contribution in [0.15, 0.2) is 9.31 Å². The number of aromatic carboxylic acids is 1. The van der Waals surface area contributed by atoms with E-state index in [-0.39, 0.29) is 54.1 Å². The Morgan fingerprint density at radius 1 is 1.19 bits per heavy atom. The molecule has 1 aromatic rings. The van der Waals surface area contributed by atoms with Crippen molar-refractivity contribution in [2.75, 3.05) is 33.3 Å². The second-order valence-corrected chi connectivity index (χ2v) is 7.96. The molecule has 1 aliphatic heterocycles. The molecular formula is C16H24N2O7S. The van der Waals surface area contributed by atoms with Gasteiger partial charge in [-0.05, 0) is 20.3 Å². The fourth-order valence-corrected chi connectivity index (χ4v) is 4.94. The SMILES string of the molecule is CCC(OC)C(=O)N1CCN(S(=O)(=O)c2c(C)oc(C)c2C(=O)O)CC1. The lowest BCUT2D eigenvalue weighted by molar-refractivity contribution is -0.143. The van der Waals surface area contributed by atoms with Gasteiger partial charge in [-0.3, -0.25) is 4.79 Å². The highest BCUT2D eigenvalue weighted by Gasteiger charge is 2.37. The molecule has 1 unspecified atom stereocenters. The Morgan fingerprint density at radius 3 is 2.23 bits per heavy atom. The maximum Gasteiger partial charge on any atom is 0.340 e. The number of furan rings is 1. The smallest absolute Gasteiger partial charge is 0.340 e. The van der Waals surface area contributed by atoms with E-state index in [0.29, 0.717) is 6.42 Å². The maximum absolute atomic E-state index is 12.9.